The van der Waals surface area contributed by atoms with Gasteiger partial charge in [0.2, 0.25) is 0 Å². The van der Waals surface area contributed by atoms with Crippen LogP contribution >= 0.6 is 15.9 Å². The normalized spacial score (nSPS) is 9.95. The number of benzene rings is 2. The zero-order valence-electron chi connectivity index (χ0n) is 10.6. The molecule has 0 saturated carbocycles. The van der Waals surface area contributed by atoms with Crippen LogP contribution < -0.4 is 11.1 Å². The number of hydrogen-bond donors (Lipinski definition) is 2. The minimum atomic E-state index is 0.320. The van der Waals surface area contributed by atoms with E-state index in [9.17, 15) is 0 Å². The van der Waals surface area contributed by atoms with Gasteiger partial charge in [0.1, 0.15) is 0 Å². The fraction of sp³-hybridized carbons (Fsp3) is 0.133. The smallest absolute Gasteiger partial charge is 0.0670 e. The van der Waals surface area contributed by atoms with E-state index in [4.69, 9.17) is 11.0 Å². The maximum absolute atomic E-state index is 8.77. The highest BCUT2D eigenvalue weighted by molar-refractivity contribution is 9.10. The molecule has 2 aromatic rings. The highest BCUT2D eigenvalue weighted by Crippen LogP contribution is 2.26. The van der Waals surface area contributed by atoms with E-state index in [1.54, 1.807) is 0 Å². The molecule has 0 unspecified atom stereocenters. The first-order valence-corrected chi connectivity index (χ1v) is 6.68. The van der Waals surface area contributed by atoms with Crippen LogP contribution in [0.4, 0.5) is 17.1 Å². The van der Waals surface area contributed by atoms with Gasteiger partial charge < -0.3 is 11.1 Å². The molecule has 0 atom stereocenters. The van der Waals surface area contributed by atoms with Crippen LogP contribution in [0.15, 0.2) is 40.9 Å². The molecule has 3 nitrogen and oxygen atoms in total. The lowest BCUT2D eigenvalue weighted by molar-refractivity contribution is 1.26. The number of hydrogen-bond acceptors (Lipinski definition) is 3. The van der Waals surface area contributed by atoms with Gasteiger partial charge in [-0.1, -0.05) is 15.9 Å². The number of nitrogen functional groups attached to an aromatic ring is 1. The summed E-state index contributed by atoms with van der Waals surface area (Å²) >= 11 is 3.44. The molecular formula is C15H14BrN3. The van der Waals surface area contributed by atoms with E-state index < -0.39 is 0 Å². The fourth-order valence-electron chi connectivity index (χ4n) is 1.84. The van der Waals surface area contributed by atoms with E-state index in [0.29, 0.717) is 12.1 Å². The number of nitriles is 1. The van der Waals surface area contributed by atoms with Crippen LogP contribution in [0.2, 0.25) is 0 Å². The predicted octanol–water partition coefficient (Wildman–Crippen LogP) is 4.15. The van der Waals surface area contributed by atoms with E-state index in [0.717, 1.165) is 27.0 Å². The van der Waals surface area contributed by atoms with Crippen molar-refractivity contribution >= 4 is 33.0 Å². The Labute approximate surface area is 121 Å². The third-order valence-corrected chi connectivity index (χ3v) is 3.37. The van der Waals surface area contributed by atoms with Crippen molar-refractivity contribution in [1.29, 1.82) is 5.26 Å². The molecule has 3 N–H and O–H groups in total. The van der Waals surface area contributed by atoms with Gasteiger partial charge in [0.05, 0.1) is 12.5 Å². The van der Waals surface area contributed by atoms with Crippen molar-refractivity contribution in [1.82, 2.24) is 0 Å². The summed E-state index contributed by atoms with van der Waals surface area (Å²) < 4.78 is 1.05. The number of nitrogens with one attached hydrogen (secondary N) is 1. The number of halogens is 1. The summed E-state index contributed by atoms with van der Waals surface area (Å²) in [6.45, 7) is 2.04. The first-order chi connectivity index (χ1) is 9.10. The zero-order chi connectivity index (χ0) is 13.8. The van der Waals surface area contributed by atoms with Crippen LogP contribution in [-0.4, -0.2) is 0 Å². The Morgan fingerprint density at radius 1 is 1.26 bits per heavy atom. The summed E-state index contributed by atoms with van der Waals surface area (Å²) in [7, 11) is 0. The van der Waals surface area contributed by atoms with E-state index in [1.165, 1.54) is 0 Å². The highest BCUT2D eigenvalue weighted by atomic mass is 79.9. The molecular weight excluding hydrogens is 302 g/mol. The van der Waals surface area contributed by atoms with E-state index in [-0.39, 0.29) is 0 Å². The van der Waals surface area contributed by atoms with Crippen molar-refractivity contribution in [3.05, 3.63) is 52.0 Å². The molecule has 0 aromatic heterocycles. The molecule has 0 aliphatic heterocycles. The summed E-state index contributed by atoms with van der Waals surface area (Å²) in [6.07, 6.45) is 0.320. The third kappa shape index (κ3) is 3.27. The second-order valence-electron chi connectivity index (χ2n) is 4.33. The molecule has 4 heteroatoms. The Kier molecular flexibility index (Phi) is 4.08. The molecule has 0 aliphatic carbocycles. The predicted molar refractivity (Wildman–Crippen MR) is 82.3 cm³/mol. The number of aryl methyl sites for hydroxylation is 1. The van der Waals surface area contributed by atoms with E-state index in [1.807, 2.05) is 37.3 Å². The van der Waals surface area contributed by atoms with Crippen molar-refractivity contribution < 1.29 is 0 Å². The van der Waals surface area contributed by atoms with Crippen LogP contribution in [0.1, 0.15) is 11.1 Å². The van der Waals surface area contributed by atoms with Crippen molar-refractivity contribution in [2.45, 2.75) is 13.3 Å². The number of rotatable bonds is 3. The van der Waals surface area contributed by atoms with Gasteiger partial charge in [-0.2, -0.15) is 5.26 Å². The van der Waals surface area contributed by atoms with E-state index >= 15 is 0 Å². The topological polar surface area (TPSA) is 61.8 Å². The molecule has 0 fully saturated rings. The lowest BCUT2D eigenvalue weighted by atomic mass is 10.1. The molecule has 19 heavy (non-hydrogen) atoms. The van der Waals surface area contributed by atoms with Crippen molar-refractivity contribution in [3.8, 4) is 6.07 Å². The maximum atomic E-state index is 8.77. The fourth-order valence-corrected chi connectivity index (χ4v) is 2.32. The number of nitrogens with two attached hydrogens (primary N) is 1. The van der Waals surface area contributed by atoms with Gasteiger partial charge in [0.15, 0.2) is 0 Å². The van der Waals surface area contributed by atoms with Crippen LogP contribution in [0, 0.1) is 18.3 Å². The average molecular weight is 316 g/mol. The van der Waals surface area contributed by atoms with E-state index in [2.05, 4.69) is 33.4 Å². The molecule has 0 amide bonds. The maximum Gasteiger partial charge on any atom is 0.0670 e. The van der Waals surface area contributed by atoms with Crippen molar-refractivity contribution in [2.24, 2.45) is 0 Å². The SMILES string of the molecule is Cc1cc(Br)ccc1Nc1ccc(N)c(CC#N)c1. The Hall–Kier alpha value is -1.99. The summed E-state index contributed by atoms with van der Waals surface area (Å²) in [5.41, 5.74) is 10.5. The average Bonchev–Trinajstić information content (AvgIpc) is 2.37. The Balaban J connectivity index is 2.28. The number of anilines is 3. The lowest BCUT2D eigenvalue weighted by Crippen LogP contribution is -1.97. The third-order valence-electron chi connectivity index (χ3n) is 2.88. The van der Waals surface area contributed by atoms with Gasteiger partial charge in [-0.25, -0.2) is 0 Å². The summed E-state index contributed by atoms with van der Waals surface area (Å²) in [4.78, 5) is 0. The van der Waals surface area contributed by atoms with Crippen LogP contribution in [0.5, 0.6) is 0 Å². The lowest BCUT2D eigenvalue weighted by Gasteiger charge is -2.11. The Bertz CT molecular complexity index is 644. The summed E-state index contributed by atoms with van der Waals surface area (Å²) in [5, 5.41) is 12.1. The van der Waals surface area contributed by atoms with Gasteiger partial charge in [0, 0.05) is 21.5 Å². The first-order valence-electron chi connectivity index (χ1n) is 5.88. The van der Waals surface area contributed by atoms with Crippen LogP contribution in [-0.2, 0) is 6.42 Å². The Morgan fingerprint density at radius 3 is 2.74 bits per heavy atom. The molecule has 2 rings (SSSR count). The largest absolute Gasteiger partial charge is 0.398 e. The van der Waals surface area contributed by atoms with Crippen molar-refractivity contribution in [2.75, 3.05) is 11.1 Å². The van der Waals surface area contributed by atoms with Gasteiger partial charge >= 0.3 is 0 Å². The molecule has 2 aromatic carbocycles. The minimum absolute atomic E-state index is 0.320. The quantitative estimate of drug-likeness (QED) is 0.836. The van der Waals surface area contributed by atoms with Crippen molar-refractivity contribution in [3.63, 3.8) is 0 Å². The van der Waals surface area contributed by atoms with Crippen LogP contribution in [0.3, 0.4) is 0 Å². The molecule has 0 spiro atoms. The Morgan fingerprint density at radius 2 is 2.05 bits per heavy atom. The highest BCUT2D eigenvalue weighted by Gasteiger charge is 2.03. The first kappa shape index (κ1) is 13.4. The molecule has 0 saturated heterocycles. The molecule has 0 bridgehead atoms. The zero-order valence-corrected chi connectivity index (χ0v) is 12.2. The van der Waals surface area contributed by atoms with Gasteiger partial charge in [-0.05, 0) is 54.4 Å². The molecule has 0 heterocycles. The van der Waals surface area contributed by atoms with Gasteiger partial charge in [0.25, 0.3) is 0 Å². The molecule has 0 aliphatic rings. The van der Waals surface area contributed by atoms with Crippen LogP contribution in [0.25, 0.3) is 0 Å². The summed E-state index contributed by atoms with van der Waals surface area (Å²) in [6, 6.07) is 13.8. The summed E-state index contributed by atoms with van der Waals surface area (Å²) in [5.74, 6) is 0. The standard InChI is InChI=1S/C15H14BrN3/c1-10-8-12(16)2-5-15(10)19-13-3-4-14(18)11(9-13)6-7-17/h2-5,8-9,19H,6,18H2,1H3. The minimum Gasteiger partial charge on any atom is -0.398 e. The molecule has 96 valence electrons. The second kappa shape index (κ2) is 5.77. The second-order valence-corrected chi connectivity index (χ2v) is 5.25. The van der Waals surface area contributed by atoms with Gasteiger partial charge in [-0.3, -0.25) is 0 Å². The monoisotopic (exact) mass is 315 g/mol. The van der Waals surface area contributed by atoms with Gasteiger partial charge in [-0.15, -0.1) is 0 Å². The number of nitrogens with zero attached hydrogens (tertiary/aromatic N) is 1. The molecule has 0 radical (unpaired) electrons.